The molecule has 5 heteroatoms. The minimum Gasteiger partial charge on any atom is -0.324 e. The number of thiocarbonyl (C=S) groups is 1. The molecule has 0 saturated heterocycles. The molecule has 1 nitrogen and oxygen atoms in total. The van der Waals surface area contributed by atoms with Crippen LogP contribution in [0, 0.1) is 18.1 Å². The molecule has 1 radical (unpaired) electrons. The molecule has 1 aliphatic carbocycles. The second kappa shape index (κ2) is 8.53. The van der Waals surface area contributed by atoms with Crippen molar-refractivity contribution in [3.8, 4) is 11.1 Å². The Morgan fingerprint density at radius 2 is 1.67 bits per heavy atom. The summed E-state index contributed by atoms with van der Waals surface area (Å²) in [4.78, 5) is 3.61. The zero-order chi connectivity index (χ0) is 16.2. The molecule has 24 heavy (non-hydrogen) atoms. The Kier molecular flexibility index (Phi) is 6.68. The number of isothiocyanates is 1. The first-order valence-corrected chi connectivity index (χ1v) is 7.78. The van der Waals surface area contributed by atoms with Gasteiger partial charge in [-0.25, -0.2) is 8.78 Å². The van der Waals surface area contributed by atoms with Crippen LogP contribution in [0.3, 0.4) is 0 Å². The summed E-state index contributed by atoms with van der Waals surface area (Å²) in [6.07, 6.45) is 7.48. The summed E-state index contributed by atoms with van der Waals surface area (Å²) in [6, 6.07) is 9.63. The first-order valence-electron chi connectivity index (χ1n) is 7.37. The van der Waals surface area contributed by atoms with Crippen LogP contribution in [0.5, 0.6) is 0 Å². The van der Waals surface area contributed by atoms with Gasteiger partial charge in [-0.2, -0.15) is 17.8 Å². The molecule has 0 fully saturated rings. The molecule has 2 aromatic rings. The summed E-state index contributed by atoms with van der Waals surface area (Å²) < 4.78 is 28.4. The molecule has 3 rings (SSSR count). The van der Waals surface area contributed by atoms with Gasteiger partial charge in [-0.15, -0.1) is 6.08 Å². The third kappa shape index (κ3) is 4.10. The van der Waals surface area contributed by atoms with Crippen molar-refractivity contribution in [2.24, 2.45) is 4.99 Å². The maximum atomic E-state index is 14.2. The van der Waals surface area contributed by atoms with Crippen LogP contribution in [-0.2, 0) is 19.5 Å². The third-order valence-corrected chi connectivity index (χ3v) is 3.99. The molecule has 1 aliphatic rings. The number of benzene rings is 2. The second-order valence-electron chi connectivity index (χ2n) is 5.36. The van der Waals surface area contributed by atoms with Gasteiger partial charge in [0.15, 0.2) is 0 Å². The van der Waals surface area contributed by atoms with E-state index in [1.165, 1.54) is 5.57 Å². The Labute approximate surface area is 158 Å². The van der Waals surface area contributed by atoms with Gasteiger partial charge >= 0.3 is 19.5 Å². The summed E-state index contributed by atoms with van der Waals surface area (Å²) in [7, 11) is 0. The first-order chi connectivity index (χ1) is 11.2. The fourth-order valence-corrected chi connectivity index (χ4v) is 2.87. The van der Waals surface area contributed by atoms with Crippen LogP contribution in [-0.4, -0.2) is 5.16 Å². The molecule has 0 unspecified atom stereocenters. The van der Waals surface area contributed by atoms with Crippen LogP contribution in [0.4, 0.5) is 14.5 Å². The van der Waals surface area contributed by atoms with E-state index in [4.69, 9.17) is 0 Å². The number of hydrogen-bond acceptors (Lipinski definition) is 2. The van der Waals surface area contributed by atoms with E-state index in [0.717, 1.165) is 37.0 Å². The zero-order valence-corrected chi connectivity index (χ0v) is 15.3. The van der Waals surface area contributed by atoms with Gasteiger partial charge in [-0.3, -0.25) is 0 Å². The van der Waals surface area contributed by atoms with E-state index < -0.39 is 11.6 Å². The fraction of sp³-hybridized carbons (Fsp3) is 0.158. The molecule has 0 aromatic heterocycles. The topological polar surface area (TPSA) is 12.4 Å². The van der Waals surface area contributed by atoms with Crippen LogP contribution >= 0.6 is 12.2 Å². The quantitative estimate of drug-likeness (QED) is 0.248. The maximum absolute atomic E-state index is 14.2. The van der Waals surface area contributed by atoms with E-state index in [1.54, 1.807) is 12.1 Å². The molecule has 0 spiro atoms. The number of aliphatic imine (C=N–C) groups is 1. The van der Waals surface area contributed by atoms with Crippen molar-refractivity contribution in [2.45, 2.75) is 19.3 Å². The minimum absolute atomic E-state index is 0. The van der Waals surface area contributed by atoms with Gasteiger partial charge in [-0.05, 0) is 28.9 Å². The van der Waals surface area contributed by atoms with Gasteiger partial charge in [0.05, 0.1) is 16.4 Å². The van der Waals surface area contributed by atoms with Gasteiger partial charge in [0.1, 0.15) is 11.6 Å². The summed E-state index contributed by atoms with van der Waals surface area (Å²) >= 11 is 4.45. The van der Waals surface area contributed by atoms with Gasteiger partial charge in [-0.1, -0.05) is 30.7 Å². The average Bonchev–Trinajstić information content (AvgIpc) is 2.56. The third-order valence-electron chi connectivity index (χ3n) is 3.89. The number of allylic oxidation sites excluding steroid dienone is 2. The molecular formula is C19H14F2NRuS. The first kappa shape index (κ1) is 18.8. The number of hydrogen-bond donors (Lipinski definition) is 0. The van der Waals surface area contributed by atoms with E-state index in [2.05, 4.69) is 34.9 Å². The molecule has 0 N–H and O–H groups in total. The smallest absolute Gasteiger partial charge is 0.324 e. The normalized spacial score (nSPS) is 13.5. The monoisotopic (exact) mass is 428 g/mol. The van der Waals surface area contributed by atoms with E-state index in [1.807, 2.05) is 12.1 Å². The van der Waals surface area contributed by atoms with E-state index in [-0.39, 0.29) is 30.7 Å². The largest absolute Gasteiger partial charge is 1.00 e. The SMILES string of the molecule is Fc1cc(N=C=S)cc(F)c1-c1ccc(C2=CC[CH-]CC2)cc1.[Ru+]. The zero-order valence-electron chi connectivity index (χ0n) is 12.7. The number of nitrogens with zero attached hydrogens (tertiary/aromatic N) is 1. The summed E-state index contributed by atoms with van der Waals surface area (Å²) in [6.45, 7) is 0. The van der Waals surface area contributed by atoms with Crippen molar-refractivity contribution in [2.75, 3.05) is 0 Å². The van der Waals surface area contributed by atoms with Crippen LogP contribution in [0.25, 0.3) is 16.7 Å². The number of halogens is 2. The molecule has 0 aliphatic heterocycles. The van der Waals surface area contributed by atoms with E-state index in [9.17, 15) is 8.78 Å². The van der Waals surface area contributed by atoms with Crippen molar-refractivity contribution in [1.82, 2.24) is 0 Å². The fourth-order valence-electron chi connectivity index (χ4n) is 2.77. The Morgan fingerprint density at radius 1 is 1.04 bits per heavy atom. The van der Waals surface area contributed by atoms with Crippen LogP contribution in [0.1, 0.15) is 24.8 Å². The molecule has 0 atom stereocenters. The average molecular weight is 427 g/mol. The molecular weight excluding hydrogens is 413 g/mol. The summed E-state index contributed by atoms with van der Waals surface area (Å²) in [5, 5.41) is 2.11. The van der Waals surface area contributed by atoms with E-state index in [0.29, 0.717) is 5.56 Å². The Morgan fingerprint density at radius 3 is 2.21 bits per heavy atom. The molecule has 2 aromatic carbocycles. The van der Waals surface area contributed by atoms with Crippen LogP contribution in [0.15, 0.2) is 47.5 Å². The van der Waals surface area contributed by atoms with Crippen molar-refractivity contribution < 1.29 is 28.3 Å². The Balaban J connectivity index is 0.00000208. The van der Waals surface area contributed by atoms with E-state index >= 15 is 0 Å². The van der Waals surface area contributed by atoms with Crippen molar-refractivity contribution in [3.63, 3.8) is 0 Å². The van der Waals surface area contributed by atoms with Crippen molar-refractivity contribution >= 4 is 28.6 Å². The number of rotatable bonds is 3. The minimum atomic E-state index is -0.659. The molecule has 123 valence electrons. The predicted octanol–water partition coefficient (Wildman–Crippen LogP) is 6.14. The van der Waals surface area contributed by atoms with Gasteiger partial charge in [0.2, 0.25) is 0 Å². The van der Waals surface area contributed by atoms with Gasteiger partial charge in [0.25, 0.3) is 0 Å². The summed E-state index contributed by atoms with van der Waals surface area (Å²) in [5.41, 5.74) is 2.96. The second-order valence-corrected chi connectivity index (χ2v) is 5.54. The van der Waals surface area contributed by atoms with Crippen molar-refractivity contribution in [3.05, 3.63) is 66.1 Å². The molecule has 0 amide bonds. The van der Waals surface area contributed by atoms with Gasteiger partial charge < -0.3 is 6.42 Å². The van der Waals surface area contributed by atoms with Crippen molar-refractivity contribution in [1.29, 1.82) is 0 Å². The molecule has 0 heterocycles. The predicted molar refractivity (Wildman–Crippen MR) is 92.6 cm³/mol. The standard InChI is InChI=1S/C19H14F2NS.Ru/c20-17-10-16(22-12-23)11-18(21)19(17)15-8-6-14(7-9-15)13-4-2-1-3-5-13;/h1,4,6-11H,2-3,5H2;/q-1;+1. The Hall–Kier alpha value is -1.54. The summed E-state index contributed by atoms with van der Waals surface area (Å²) in [5.74, 6) is -1.32. The Bertz CT molecular complexity index is 786. The molecule has 0 bridgehead atoms. The molecule has 0 saturated carbocycles. The maximum Gasteiger partial charge on any atom is 1.00 e. The van der Waals surface area contributed by atoms with Crippen LogP contribution in [0.2, 0.25) is 0 Å². The van der Waals surface area contributed by atoms with Crippen LogP contribution < -0.4 is 0 Å². The van der Waals surface area contributed by atoms with Gasteiger partial charge in [0, 0.05) is 12.1 Å².